The van der Waals surface area contributed by atoms with Crippen LogP contribution in [0.15, 0.2) is 18.2 Å². The summed E-state index contributed by atoms with van der Waals surface area (Å²) >= 11 is 1.21. The predicted octanol–water partition coefficient (Wildman–Crippen LogP) is 2.75. The number of rotatable bonds is 3. The van der Waals surface area contributed by atoms with Gasteiger partial charge in [0.15, 0.2) is 11.6 Å². The molecule has 7 nitrogen and oxygen atoms in total. The molecule has 10 heteroatoms. The molecular weight excluding hydrogens is 448 g/mol. The first-order valence-corrected chi connectivity index (χ1v) is 11.8. The number of anilines is 2. The Bertz CT molecular complexity index is 1280. The van der Waals surface area contributed by atoms with Crippen molar-refractivity contribution in [2.45, 2.75) is 37.9 Å². The SMILES string of the molecule is Cc1ccc2c(N)c(C(=O)N[C@H]3COc4cc(N5CC6CC(C5)N6)c(F)c(F)c4C3)sc2n1. The van der Waals surface area contributed by atoms with E-state index in [1.807, 2.05) is 24.0 Å². The van der Waals surface area contributed by atoms with Crippen LogP contribution in [0.5, 0.6) is 5.75 Å². The number of hydrogen-bond donors (Lipinski definition) is 3. The Morgan fingerprint density at radius 1 is 1.30 bits per heavy atom. The number of aryl methyl sites for hydroxylation is 1. The lowest BCUT2D eigenvalue weighted by Gasteiger charge is -2.49. The molecule has 0 saturated carbocycles. The Morgan fingerprint density at radius 3 is 2.82 bits per heavy atom. The topological polar surface area (TPSA) is 92.5 Å². The number of carbonyl (C=O) groups excluding carboxylic acids is 1. The van der Waals surface area contributed by atoms with Gasteiger partial charge >= 0.3 is 0 Å². The smallest absolute Gasteiger partial charge is 0.263 e. The second-order valence-electron chi connectivity index (χ2n) is 9.04. The van der Waals surface area contributed by atoms with Gasteiger partial charge in [0.2, 0.25) is 0 Å². The summed E-state index contributed by atoms with van der Waals surface area (Å²) in [7, 11) is 0. The summed E-state index contributed by atoms with van der Waals surface area (Å²) in [4.78, 5) is 20.3. The number of halogens is 2. The summed E-state index contributed by atoms with van der Waals surface area (Å²) in [6, 6.07) is 5.42. The third kappa shape index (κ3) is 3.39. The van der Waals surface area contributed by atoms with Gasteiger partial charge in [-0.2, -0.15) is 0 Å². The molecule has 2 bridgehead atoms. The van der Waals surface area contributed by atoms with Gasteiger partial charge in [-0.05, 0) is 25.5 Å². The monoisotopic (exact) mass is 471 g/mol. The second-order valence-corrected chi connectivity index (χ2v) is 10.0. The Morgan fingerprint density at radius 2 is 2.06 bits per heavy atom. The number of thiophene rings is 1. The van der Waals surface area contributed by atoms with Crippen molar-refractivity contribution < 1.29 is 18.3 Å². The molecule has 172 valence electrons. The minimum absolute atomic E-state index is 0.138. The molecule has 4 aliphatic heterocycles. The predicted molar refractivity (Wildman–Crippen MR) is 123 cm³/mol. The van der Waals surface area contributed by atoms with Crippen molar-refractivity contribution in [3.8, 4) is 5.75 Å². The molecule has 6 heterocycles. The van der Waals surface area contributed by atoms with Crippen LogP contribution < -0.4 is 26.0 Å². The Balaban J connectivity index is 1.22. The molecule has 4 aliphatic rings. The van der Waals surface area contributed by atoms with Crippen molar-refractivity contribution >= 4 is 38.8 Å². The van der Waals surface area contributed by atoms with Crippen molar-refractivity contribution in [3.63, 3.8) is 0 Å². The van der Waals surface area contributed by atoms with E-state index in [4.69, 9.17) is 10.5 Å². The molecule has 1 amide bonds. The van der Waals surface area contributed by atoms with Gasteiger partial charge in [-0.1, -0.05) is 0 Å². The zero-order chi connectivity index (χ0) is 22.9. The van der Waals surface area contributed by atoms with Crippen molar-refractivity contribution in [2.24, 2.45) is 0 Å². The molecule has 3 aromatic rings. The Labute approximate surface area is 192 Å². The summed E-state index contributed by atoms with van der Waals surface area (Å²) in [5.41, 5.74) is 7.77. The van der Waals surface area contributed by atoms with Crippen LogP contribution in [-0.4, -0.2) is 48.7 Å². The molecule has 3 fully saturated rings. The van der Waals surface area contributed by atoms with E-state index in [9.17, 15) is 9.18 Å². The van der Waals surface area contributed by atoms with E-state index in [1.54, 1.807) is 6.07 Å². The molecule has 7 rings (SSSR count). The molecule has 33 heavy (non-hydrogen) atoms. The maximum atomic E-state index is 15.0. The second kappa shape index (κ2) is 7.53. The summed E-state index contributed by atoms with van der Waals surface area (Å²) in [6.45, 7) is 3.33. The molecule has 3 atom stereocenters. The van der Waals surface area contributed by atoms with Crippen LogP contribution in [0.25, 0.3) is 10.2 Å². The number of piperidine rings is 1. The third-order valence-corrected chi connectivity index (χ3v) is 7.79. The van der Waals surface area contributed by atoms with E-state index in [0.29, 0.717) is 46.3 Å². The van der Waals surface area contributed by atoms with Crippen LogP contribution in [0.1, 0.15) is 27.3 Å². The highest BCUT2D eigenvalue weighted by Crippen LogP contribution is 2.38. The molecule has 2 unspecified atom stereocenters. The number of aromatic nitrogens is 1. The average molecular weight is 472 g/mol. The van der Waals surface area contributed by atoms with E-state index in [-0.39, 0.29) is 30.2 Å². The number of fused-ring (bicyclic) bond motifs is 4. The van der Waals surface area contributed by atoms with Crippen LogP contribution >= 0.6 is 11.3 Å². The van der Waals surface area contributed by atoms with Gasteiger partial charge in [0, 0.05) is 54.3 Å². The van der Waals surface area contributed by atoms with Gasteiger partial charge in [0.25, 0.3) is 5.91 Å². The molecular formula is C23H23F2N5O2S. The van der Waals surface area contributed by atoms with Gasteiger partial charge in [-0.3, -0.25) is 4.79 Å². The summed E-state index contributed by atoms with van der Waals surface area (Å²) in [5, 5.41) is 6.98. The van der Waals surface area contributed by atoms with Crippen LogP contribution in [-0.2, 0) is 6.42 Å². The molecule has 1 aromatic carbocycles. The van der Waals surface area contributed by atoms with Crippen molar-refractivity contribution in [1.29, 1.82) is 0 Å². The zero-order valence-electron chi connectivity index (χ0n) is 18.0. The third-order valence-electron chi connectivity index (χ3n) is 6.68. The van der Waals surface area contributed by atoms with E-state index in [1.165, 1.54) is 11.3 Å². The summed E-state index contributed by atoms with van der Waals surface area (Å²) in [6.07, 6.45) is 1.21. The highest BCUT2D eigenvalue weighted by atomic mass is 32.1. The van der Waals surface area contributed by atoms with E-state index in [0.717, 1.165) is 17.5 Å². The van der Waals surface area contributed by atoms with Crippen molar-refractivity contribution in [1.82, 2.24) is 15.6 Å². The van der Waals surface area contributed by atoms with E-state index < -0.39 is 17.7 Å². The van der Waals surface area contributed by atoms with Crippen LogP contribution in [0.2, 0.25) is 0 Å². The minimum atomic E-state index is -0.908. The number of ether oxygens (including phenoxy) is 1. The molecule has 0 radical (unpaired) electrons. The van der Waals surface area contributed by atoms with Gasteiger partial charge in [0.05, 0.1) is 17.4 Å². The largest absolute Gasteiger partial charge is 0.491 e. The van der Waals surface area contributed by atoms with Crippen LogP contribution in [0.4, 0.5) is 20.2 Å². The molecule has 2 aromatic heterocycles. The first kappa shape index (κ1) is 20.6. The molecule has 4 N–H and O–H groups in total. The maximum absolute atomic E-state index is 15.0. The lowest BCUT2D eigenvalue weighted by molar-refractivity contribution is 0.0919. The fourth-order valence-corrected chi connectivity index (χ4v) is 6.03. The van der Waals surface area contributed by atoms with E-state index in [2.05, 4.69) is 15.6 Å². The molecule has 3 saturated heterocycles. The van der Waals surface area contributed by atoms with Gasteiger partial charge in [-0.25, -0.2) is 13.8 Å². The Hall–Kier alpha value is -2.98. The Kier molecular flexibility index (Phi) is 4.70. The summed E-state index contributed by atoms with van der Waals surface area (Å²) < 4.78 is 35.8. The maximum Gasteiger partial charge on any atom is 0.263 e. The summed E-state index contributed by atoms with van der Waals surface area (Å²) in [5.74, 6) is -1.80. The fourth-order valence-electron chi connectivity index (χ4n) is 4.98. The van der Waals surface area contributed by atoms with Crippen molar-refractivity contribution in [2.75, 3.05) is 30.3 Å². The number of nitrogens with one attached hydrogen (secondary N) is 2. The quantitative estimate of drug-likeness (QED) is 0.544. The number of piperazine rings is 1. The standard InChI is InChI=1S/C23H23F2N5O2S/c1-10-2-3-14-20(26)21(33-23(14)27-10)22(31)29-13-5-15-17(32-9-13)6-16(19(25)18(15)24)30-7-11-4-12(8-30)28-11/h2-3,6,11-13,28H,4-5,7-9,26H2,1H3,(H,29,31)/t11?,12?,13-/m1/s1. The minimum Gasteiger partial charge on any atom is -0.491 e. The van der Waals surface area contributed by atoms with Crippen LogP contribution in [0.3, 0.4) is 0 Å². The number of nitrogen functional groups attached to an aromatic ring is 1. The van der Waals surface area contributed by atoms with Crippen LogP contribution in [0, 0.1) is 18.6 Å². The van der Waals surface area contributed by atoms with Gasteiger partial charge in [-0.15, -0.1) is 11.3 Å². The fraction of sp³-hybridized carbons (Fsp3) is 0.391. The van der Waals surface area contributed by atoms with Gasteiger partial charge < -0.3 is 26.0 Å². The van der Waals surface area contributed by atoms with Gasteiger partial charge in [0.1, 0.15) is 22.1 Å². The van der Waals surface area contributed by atoms with Crippen molar-refractivity contribution in [3.05, 3.63) is 46.0 Å². The lowest BCUT2D eigenvalue weighted by Crippen LogP contribution is -2.67. The molecule has 0 aliphatic carbocycles. The number of carbonyl (C=O) groups is 1. The normalized spacial score (nSPS) is 23.6. The number of pyridine rings is 1. The number of hydrogen-bond acceptors (Lipinski definition) is 7. The highest BCUT2D eigenvalue weighted by molar-refractivity contribution is 7.21. The first-order valence-electron chi connectivity index (χ1n) is 11.0. The number of nitrogens with zero attached hydrogens (tertiary/aromatic N) is 2. The number of benzene rings is 1. The lowest BCUT2D eigenvalue weighted by atomic mass is 9.90. The number of nitrogens with two attached hydrogens (primary N) is 1. The molecule has 0 spiro atoms. The first-order chi connectivity index (χ1) is 15.9. The zero-order valence-corrected chi connectivity index (χ0v) is 18.8. The number of amides is 1. The average Bonchev–Trinajstić information content (AvgIpc) is 3.11. The highest BCUT2D eigenvalue weighted by Gasteiger charge is 2.38. The van der Waals surface area contributed by atoms with E-state index >= 15 is 4.39 Å².